The highest BCUT2D eigenvalue weighted by molar-refractivity contribution is 7.20. The van der Waals surface area contributed by atoms with E-state index in [-0.39, 0.29) is 0 Å². The molecule has 0 amide bonds. The van der Waals surface area contributed by atoms with Gasteiger partial charge in [-0.1, -0.05) is 115 Å². The molecule has 0 atom stereocenters. The second-order valence-corrected chi connectivity index (χ2v) is 13.2. The van der Waals surface area contributed by atoms with Gasteiger partial charge in [0.25, 0.3) is 0 Å². The van der Waals surface area contributed by atoms with Gasteiger partial charge in [0.2, 0.25) is 0 Å². The van der Waals surface area contributed by atoms with Crippen molar-refractivity contribution < 1.29 is 0 Å². The molecule has 5 rings (SSSR count). The van der Waals surface area contributed by atoms with Crippen molar-refractivity contribution in [3.8, 4) is 0 Å². The lowest BCUT2D eigenvalue weighted by Gasteiger charge is -2.37. The minimum atomic E-state index is -2.72. The summed E-state index contributed by atoms with van der Waals surface area (Å²) in [5.41, 5.74) is 3.99. The standard InChI is InChI=1S/C33H31N3Si/c1-26-24-31(35-34-27-16-8-4-9-17-27)33(36(2)3)32(25-26)37(28-18-10-5-11-19-28,29-20-12-6-13-21-29)30-22-14-7-15-23-30/h4-25H,1-3H3. The normalized spacial score (nSPS) is 11.5. The Morgan fingerprint density at radius 1 is 0.541 bits per heavy atom. The van der Waals surface area contributed by atoms with Crippen LogP contribution in [0.25, 0.3) is 0 Å². The highest BCUT2D eigenvalue weighted by Gasteiger charge is 2.44. The first-order valence-corrected chi connectivity index (χ1v) is 14.6. The van der Waals surface area contributed by atoms with Crippen LogP contribution in [0.2, 0.25) is 0 Å². The summed E-state index contributed by atoms with van der Waals surface area (Å²) in [6.07, 6.45) is 0. The number of azo groups is 1. The highest BCUT2D eigenvalue weighted by atomic mass is 28.3. The zero-order valence-electron chi connectivity index (χ0n) is 21.5. The van der Waals surface area contributed by atoms with Crippen molar-refractivity contribution in [2.24, 2.45) is 10.2 Å². The topological polar surface area (TPSA) is 28.0 Å². The molecule has 0 unspecified atom stereocenters. The number of nitrogens with zero attached hydrogens (tertiary/aromatic N) is 3. The van der Waals surface area contributed by atoms with Crippen molar-refractivity contribution in [3.05, 3.63) is 139 Å². The molecule has 0 heterocycles. The van der Waals surface area contributed by atoms with Crippen molar-refractivity contribution >= 4 is 45.9 Å². The van der Waals surface area contributed by atoms with E-state index in [0.29, 0.717) is 0 Å². The number of rotatable bonds is 7. The Morgan fingerprint density at radius 2 is 0.973 bits per heavy atom. The summed E-state index contributed by atoms with van der Waals surface area (Å²) in [7, 11) is 1.49. The number of aryl methyl sites for hydroxylation is 1. The van der Waals surface area contributed by atoms with E-state index in [9.17, 15) is 0 Å². The van der Waals surface area contributed by atoms with Crippen LogP contribution in [-0.4, -0.2) is 22.2 Å². The maximum absolute atomic E-state index is 4.82. The van der Waals surface area contributed by atoms with Crippen LogP contribution >= 0.6 is 0 Å². The van der Waals surface area contributed by atoms with E-state index >= 15 is 0 Å². The molecule has 0 radical (unpaired) electrons. The molecule has 0 bridgehead atoms. The molecule has 4 heteroatoms. The van der Waals surface area contributed by atoms with Gasteiger partial charge in [-0.25, -0.2) is 0 Å². The van der Waals surface area contributed by atoms with E-state index in [1.807, 2.05) is 30.3 Å². The Balaban J connectivity index is 1.89. The van der Waals surface area contributed by atoms with Gasteiger partial charge in [-0.15, -0.1) is 5.11 Å². The average molecular weight is 498 g/mol. The van der Waals surface area contributed by atoms with Crippen LogP contribution in [0.15, 0.2) is 144 Å². The SMILES string of the molecule is Cc1cc(N=Nc2ccccc2)c(N(C)C)c([Si](c2ccccc2)(c2ccccc2)c2ccccc2)c1. The predicted octanol–water partition coefficient (Wildman–Crippen LogP) is 5.85. The summed E-state index contributed by atoms with van der Waals surface area (Å²) in [5, 5.41) is 14.8. The van der Waals surface area contributed by atoms with Crippen molar-refractivity contribution in [3.63, 3.8) is 0 Å². The van der Waals surface area contributed by atoms with E-state index in [2.05, 4.69) is 134 Å². The van der Waals surface area contributed by atoms with Crippen LogP contribution in [0.3, 0.4) is 0 Å². The molecule has 37 heavy (non-hydrogen) atoms. The molecule has 0 saturated carbocycles. The Labute approximate surface area is 220 Å². The maximum atomic E-state index is 4.82. The lowest BCUT2D eigenvalue weighted by Crippen LogP contribution is -2.75. The molecule has 0 saturated heterocycles. The van der Waals surface area contributed by atoms with E-state index < -0.39 is 8.07 Å². The van der Waals surface area contributed by atoms with Crippen LogP contribution in [0, 0.1) is 6.92 Å². The van der Waals surface area contributed by atoms with Gasteiger partial charge in [0.1, 0.15) is 5.69 Å². The van der Waals surface area contributed by atoms with Crippen LogP contribution in [0.4, 0.5) is 17.1 Å². The summed E-state index contributed by atoms with van der Waals surface area (Å²) < 4.78 is 0. The Hall–Kier alpha value is -4.28. The lowest BCUT2D eigenvalue weighted by atomic mass is 10.2. The fourth-order valence-corrected chi connectivity index (χ4v) is 10.4. The molecule has 0 spiro atoms. The molecule has 3 nitrogen and oxygen atoms in total. The third-order valence-corrected chi connectivity index (χ3v) is 11.5. The van der Waals surface area contributed by atoms with Crippen molar-refractivity contribution in [2.75, 3.05) is 19.0 Å². The van der Waals surface area contributed by atoms with Crippen LogP contribution in [0.1, 0.15) is 5.56 Å². The third kappa shape index (κ3) is 4.76. The Morgan fingerprint density at radius 3 is 1.41 bits per heavy atom. The van der Waals surface area contributed by atoms with Gasteiger partial charge >= 0.3 is 0 Å². The first-order chi connectivity index (χ1) is 18.1. The molecular weight excluding hydrogens is 466 g/mol. The number of anilines is 1. The smallest absolute Gasteiger partial charge is 0.181 e. The second kappa shape index (κ2) is 10.8. The van der Waals surface area contributed by atoms with Crippen molar-refractivity contribution in [1.29, 1.82) is 0 Å². The zero-order chi connectivity index (χ0) is 25.7. The summed E-state index contributed by atoms with van der Waals surface area (Å²) in [6, 6.07) is 47.4. The maximum Gasteiger partial charge on any atom is 0.181 e. The zero-order valence-corrected chi connectivity index (χ0v) is 22.5. The first-order valence-electron chi connectivity index (χ1n) is 12.6. The number of benzene rings is 5. The van der Waals surface area contributed by atoms with Gasteiger partial charge in [-0.05, 0) is 51.4 Å². The summed E-state index contributed by atoms with van der Waals surface area (Å²) in [4.78, 5) is 2.20. The summed E-state index contributed by atoms with van der Waals surface area (Å²) in [5.74, 6) is 0. The molecule has 0 aromatic heterocycles. The fraction of sp³-hybridized carbons (Fsp3) is 0.0909. The Bertz CT molecular complexity index is 1390. The van der Waals surface area contributed by atoms with Crippen molar-refractivity contribution in [1.82, 2.24) is 0 Å². The molecular formula is C33H31N3Si. The minimum Gasteiger partial charge on any atom is -0.376 e. The number of hydrogen-bond donors (Lipinski definition) is 0. The minimum absolute atomic E-state index is 0.841. The van der Waals surface area contributed by atoms with Gasteiger partial charge in [0.15, 0.2) is 8.07 Å². The number of hydrogen-bond acceptors (Lipinski definition) is 3. The summed E-state index contributed by atoms with van der Waals surface area (Å²) in [6.45, 7) is 2.16. The molecule has 0 fully saturated rings. The largest absolute Gasteiger partial charge is 0.376 e. The van der Waals surface area contributed by atoms with Gasteiger partial charge in [-0.2, -0.15) is 5.11 Å². The van der Waals surface area contributed by atoms with Gasteiger partial charge in [0, 0.05) is 14.1 Å². The van der Waals surface area contributed by atoms with Crippen LogP contribution in [-0.2, 0) is 0 Å². The summed E-state index contributed by atoms with van der Waals surface area (Å²) >= 11 is 0. The molecule has 182 valence electrons. The molecule has 0 aliphatic rings. The third-order valence-electron chi connectivity index (χ3n) is 6.74. The highest BCUT2D eigenvalue weighted by Crippen LogP contribution is 2.31. The van der Waals surface area contributed by atoms with E-state index in [4.69, 9.17) is 5.11 Å². The second-order valence-electron chi connectivity index (χ2n) is 9.46. The molecule has 0 aliphatic carbocycles. The fourth-order valence-electron chi connectivity index (χ4n) is 5.23. The van der Waals surface area contributed by atoms with E-state index in [0.717, 1.165) is 17.1 Å². The quantitative estimate of drug-likeness (QED) is 0.157. The van der Waals surface area contributed by atoms with Gasteiger partial charge < -0.3 is 4.90 Å². The van der Waals surface area contributed by atoms with Crippen LogP contribution in [0.5, 0.6) is 0 Å². The molecule has 0 aliphatic heterocycles. The van der Waals surface area contributed by atoms with E-state index in [1.165, 1.54) is 26.3 Å². The van der Waals surface area contributed by atoms with Crippen LogP contribution < -0.4 is 25.6 Å². The van der Waals surface area contributed by atoms with Crippen molar-refractivity contribution in [2.45, 2.75) is 6.92 Å². The Kier molecular flexibility index (Phi) is 7.11. The average Bonchev–Trinajstić information content (AvgIpc) is 2.94. The monoisotopic (exact) mass is 497 g/mol. The molecule has 5 aromatic carbocycles. The first kappa shape index (κ1) is 24.4. The predicted molar refractivity (Wildman–Crippen MR) is 160 cm³/mol. The lowest BCUT2D eigenvalue weighted by molar-refractivity contribution is 1.11. The van der Waals surface area contributed by atoms with E-state index in [1.54, 1.807) is 0 Å². The molecule has 5 aromatic rings. The molecule has 0 N–H and O–H groups in total. The van der Waals surface area contributed by atoms with Gasteiger partial charge in [0.05, 0.1) is 11.4 Å². The van der Waals surface area contributed by atoms with Gasteiger partial charge in [-0.3, -0.25) is 0 Å².